The third-order valence-electron chi connectivity index (χ3n) is 5.89. The van der Waals surface area contributed by atoms with Crippen molar-refractivity contribution < 1.29 is 5.11 Å². The predicted molar refractivity (Wildman–Crippen MR) is 116 cm³/mol. The maximum absolute atomic E-state index is 11.1. The first-order chi connectivity index (χ1) is 13.7. The molecule has 1 aliphatic heterocycles. The van der Waals surface area contributed by atoms with E-state index in [1.807, 2.05) is 30.3 Å². The van der Waals surface area contributed by atoms with Crippen LogP contribution in [0.2, 0.25) is 0 Å². The molecule has 2 aromatic carbocycles. The fourth-order valence-electron chi connectivity index (χ4n) is 4.33. The van der Waals surface area contributed by atoms with E-state index in [4.69, 9.17) is 0 Å². The summed E-state index contributed by atoms with van der Waals surface area (Å²) in [6, 6.07) is 25.3. The quantitative estimate of drug-likeness (QED) is 0.522. The number of hydrogen-bond donors (Lipinski definition) is 1. The van der Waals surface area contributed by atoms with Gasteiger partial charge in [0, 0.05) is 30.7 Å². The molecule has 0 aliphatic carbocycles. The zero-order chi connectivity index (χ0) is 19.0. The zero-order valence-electron chi connectivity index (χ0n) is 15.8. The normalized spacial score (nSPS) is 17.2. The fraction of sp³-hybridized carbons (Fsp3) is 0.250. The second kappa shape index (κ2) is 7.21. The van der Waals surface area contributed by atoms with Gasteiger partial charge in [-0.25, -0.2) is 0 Å². The lowest BCUT2D eigenvalue weighted by Gasteiger charge is -2.38. The summed E-state index contributed by atoms with van der Waals surface area (Å²) in [5, 5.41) is 15.8. The number of piperidine rings is 1. The standard InChI is InChI=1S/C24H24N2OS/c27-24(20-8-2-1-3-9-20)12-14-25(15-13-24)18-21-17-19-7-4-5-10-22(19)26(21)23-11-6-16-28-23/h1-11,16-17,27H,12-15,18H2. The molecule has 0 amide bonds. The smallest absolute Gasteiger partial charge is 0.0997 e. The minimum Gasteiger partial charge on any atom is -0.385 e. The molecule has 0 spiro atoms. The second-order valence-electron chi connectivity index (χ2n) is 7.65. The lowest BCUT2D eigenvalue weighted by atomic mass is 9.84. The Morgan fingerprint density at radius 1 is 0.893 bits per heavy atom. The summed E-state index contributed by atoms with van der Waals surface area (Å²) in [6.07, 6.45) is 1.55. The number of hydrogen-bond acceptors (Lipinski definition) is 3. The highest BCUT2D eigenvalue weighted by atomic mass is 32.1. The molecule has 1 fully saturated rings. The molecule has 0 bridgehead atoms. The van der Waals surface area contributed by atoms with Gasteiger partial charge >= 0.3 is 0 Å². The van der Waals surface area contributed by atoms with Crippen molar-refractivity contribution in [1.82, 2.24) is 9.47 Å². The van der Waals surface area contributed by atoms with Crippen LogP contribution in [-0.2, 0) is 12.1 Å². The van der Waals surface area contributed by atoms with E-state index < -0.39 is 5.60 Å². The molecule has 1 saturated heterocycles. The number of thiophene rings is 1. The molecule has 1 N–H and O–H groups in total. The molecular formula is C24H24N2OS. The SMILES string of the molecule is OC1(c2ccccc2)CCN(Cc2cc3ccccc3n2-c2cccs2)CC1. The first-order valence-corrected chi connectivity index (χ1v) is 10.7. The largest absolute Gasteiger partial charge is 0.385 e. The van der Waals surface area contributed by atoms with Gasteiger partial charge < -0.3 is 9.67 Å². The highest BCUT2D eigenvalue weighted by molar-refractivity contribution is 7.12. The van der Waals surface area contributed by atoms with Crippen LogP contribution in [0.25, 0.3) is 15.9 Å². The number of aliphatic hydroxyl groups is 1. The van der Waals surface area contributed by atoms with E-state index in [0.29, 0.717) is 0 Å². The summed E-state index contributed by atoms with van der Waals surface area (Å²) < 4.78 is 2.39. The summed E-state index contributed by atoms with van der Waals surface area (Å²) in [5.74, 6) is 0. The fourth-order valence-corrected chi connectivity index (χ4v) is 5.11. The van der Waals surface area contributed by atoms with Crippen molar-refractivity contribution in [2.75, 3.05) is 13.1 Å². The van der Waals surface area contributed by atoms with Crippen molar-refractivity contribution in [2.24, 2.45) is 0 Å². The number of nitrogens with zero attached hydrogens (tertiary/aromatic N) is 2. The van der Waals surface area contributed by atoms with E-state index in [9.17, 15) is 5.11 Å². The Balaban J connectivity index is 1.39. The summed E-state index contributed by atoms with van der Waals surface area (Å²) >= 11 is 1.77. The van der Waals surface area contributed by atoms with Gasteiger partial charge in [-0.1, -0.05) is 48.5 Å². The molecule has 142 valence electrons. The molecule has 4 heteroatoms. The number of rotatable bonds is 4. The summed E-state index contributed by atoms with van der Waals surface area (Å²) in [5.41, 5.74) is 2.92. The van der Waals surface area contributed by atoms with Gasteiger partial charge in [0.1, 0.15) is 0 Å². The van der Waals surface area contributed by atoms with Crippen LogP contribution >= 0.6 is 11.3 Å². The minimum atomic E-state index is -0.696. The van der Waals surface area contributed by atoms with Gasteiger partial charge in [0.15, 0.2) is 0 Å². The number of likely N-dealkylation sites (tertiary alicyclic amines) is 1. The lowest BCUT2D eigenvalue weighted by molar-refractivity contribution is -0.0280. The molecular weight excluding hydrogens is 364 g/mol. The van der Waals surface area contributed by atoms with Gasteiger partial charge in [0.2, 0.25) is 0 Å². The van der Waals surface area contributed by atoms with Crippen molar-refractivity contribution in [3.05, 3.63) is 89.4 Å². The molecule has 0 unspecified atom stereocenters. The molecule has 0 saturated carbocycles. The van der Waals surface area contributed by atoms with Crippen LogP contribution in [0.4, 0.5) is 0 Å². The molecule has 4 aromatic rings. The summed E-state index contributed by atoms with van der Waals surface area (Å²) in [4.78, 5) is 2.47. The van der Waals surface area contributed by atoms with Crippen molar-refractivity contribution in [2.45, 2.75) is 25.0 Å². The van der Waals surface area contributed by atoms with Crippen LogP contribution in [0.15, 0.2) is 78.2 Å². The average molecular weight is 389 g/mol. The minimum absolute atomic E-state index is 0.696. The Morgan fingerprint density at radius 2 is 1.64 bits per heavy atom. The second-order valence-corrected chi connectivity index (χ2v) is 8.58. The van der Waals surface area contributed by atoms with Crippen molar-refractivity contribution in [3.63, 3.8) is 0 Å². The highest BCUT2D eigenvalue weighted by Crippen LogP contribution is 2.34. The number of para-hydroxylation sites is 1. The predicted octanol–water partition coefficient (Wildman–Crippen LogP) is 5.18. The van der Waals surface area contributed by atoms with Gasteiger partial charge in [-0.05, 0) is 48.1 Å². The van der Waals surface area contributed by atoms with Crippen LogP contribution in [-0.4, -0.2) is 27.7 Å². The van der Waals surface area contributed by atoms with E-state index in [1.54, 1.807) is 11.3 Å². The molecule has 3 heterocycles. The van der Waals surface area contributed by atoms with Crippen LogP contribution < -0.4 is 0 Å². The van der Waals surface area contributed by atoms with E-state index in [0.717, 1.165) is 38.0 Å². The third kappa shape index (κ3) is 3.18. The maximum atomic E-state index is 11.1. The van der Waals surface area contributed by atoms with Crippen molar-refractivity contribution in [3.8, 4) is 5.00 Å². The van der Waals surface area contributed by atoms with Gasteiger partial charge in [0.05, 0.1) is 16.1 Å². The first kappa shape index (κ1) is 17.7. The van der Waals surface area contributed by atoms with Gasteiger partial charge in [0.25, 0.3) is 0 Å². The molecule has 5 rings (SSSR count). The summed E-state index contributed by atoms with van der Waals surface area (Å²) in [6.45, 7) is 2.70. The van der Waals surface area contributed by atoms with Crippen LogP contribution in [0.5, 0.6) is 0 Å². The topological polar surface area (TPSA) is 28.4 Å². The Hall–Kier alpha value is -2.40. The van der Waals surface area contributed by atoms with Crippen LogP contribution in [0.1, 0.15) is 24.1 Å². The average Bonchev–Trinajstić information content (AvgIpc) is 3.37. The number of fused-ring (bicyclic) bond motifs is 1. The number of aromatic nitrogens is 1. The van der Waals surface area contributed by atoms with Gasteiger partial charge in [-0.15, -0.1) is 11.3 Å². The Labute approximate surface area is 169 Å². The number of benzene rings is 2. The maximum Gasteiger partial charge on any atom is 0.0997 e. The summed E-state index contributed by atoms with van der Waals surface area (Å²) in [7, 11) is 0. The molecule has 1 aliphatic rings. The van der Waals surface area contributed by atoms with Gasteiger partial charge in [-0.2, -0.15) is 0 Å². The Bertz CT molecular complexity index is 1060. The van der Waals surface area contributed by atoms with E-state index in [2.05, 4.69) is 57.3 Å². The molecule has 28 heavy (non-hydrogen) atoms. The zero-order valence-corrected chi connectivity index (χ0v) is 16.6. The van der Waals surface area contributed by atoms with Crippen molar-refractivity contribution >= 4 is 22.2 Å². The lowest BCUT2D eigenvalue weighted by Crippen LogP contribution is -2.42. The van der Waals surface area contributed by atoms with Gasteiger partial charge in [-0.3, -0.25) is 4.90 Å². The molecule has 3 nitrogen and oxygen atoms in total. The molecule has 0 atom stereocenters. The molecule has 0 radical (unpaired) electrons. The van der Waals surface area contributed by atoms with Crippen LogP contribution in [0.3, 0.4) is 0 Å². The van der Waals surface area contributed by atoms with Crippen LogP contribution in [0, 0.1) is 0 Å². The van der Waals surface area contributed by atoms with E-state index >= 15 is 0 Å². The van der Waals surface area contributed by atoms with E-state index in [1.165, 1.54) is 21.6 Å². The highest BCUT2D eigenvalue weighted by Gasteiger charge is 2.34. The molecule has 2 aromatic heterocycles. The Morgan fingerprint density at radius 3 is 2.39 bits per heavy atom. The first-order valence-electron chi connectivity index (χ1n) is 9.86. The Kier molecular flexibility index (Phi) is 4.55. The van der Waals surface area contributed by atoms with Crippen molar-refractivity contribution in [1.29, 1.82) is 0 Å². The monoisotopic (exact) mass is 388 g/mol. The van der Waals surface area contributed by atoms with E-state index in [-0.39, 0.29) is 0 Å². The third-order valence-corrected chi connectivity index (χ3v) is 6.75.